The van der Waals surface area contributed by atoms with E-state index in [0.29, 0.717) is 12.0 Å². The van der Waals surface area contributed by atoms with Crippen LogP contribution in [0.2, 0.25) is 0 Å². The van der Waals surface area contributed by atoms with Gasteiger partial charge in [-0.05, 0) is 24.8 Å². The van der Waals surface area contributed by atoms with Crippen LogP contribution < -0.4 is 21.3 Å². The van der Waals surface area contributed by atoms with Gasteiger partial charge in [0.25, 0.3) is 0 Å². The number of carboxylic acid groups (broad SMARTS) is 1. The van der Waals surface area contributed by atoms with Crippen molar-refractivity contribution >= 4 is 47.5 Å². The summed E-state index contributed by atoms with van der Waals surface area (Å²) in [4.78, 5) is 96.7. The maximum atomic E-state index is 13.4. The Kier molecular flexibility index (Phi) is 21.6. The zero-order valence-electron chi connectivity index (χ0n) is 29.5. The molecule has 1 rings (SSSR count). The van der Waals surface area contributed by atoms with E-state index in [4.69, 9.17) is 14.6 Å². The lowest BCUT2D eigenvalue weighted by Gasteiger charge is -2.28. The summed E-state index contributed by atoms with van der Waals surface area (Å²) < 4.78 is 59.1. The molecule has 0 fully saturated rings. The van der Waals surface area contributed by atoms with E-state index in [1.54, 1.807) is 44.2 Å². The second-order valence-corrected chi connectivity index (χ2v) is 11.2. The molecule has 0 aliphatic heterocycles. The molecule has 0 saturated heterocycles. The first-order chi connectivity index (χ1) is 24.7. The third-order valence-electron chi connectivity index (χ3n) is 7.22. The lowest BCUT2D eigenvalue weighted by molar-refractivity contribution is -0.192. The third kappa shape index (κ3) is 18.6. The highest BCUT2D eigenvalue weighted by atomic mass is 19.4. The van der Waals surface area contributed by atoms with Crippen LogP contribution in [0.3, 0.4) is 0 Å². The molecular formula is C32H44F4N4O13. The number of amides is 4. The SMILES string of the molecule is CC[C@H](C)[C@H](NC(=O)OCc1ccccc1)C(=O)N[C@@H](CCC(=O)OC)C(=O)N[C@H](C(=O)N[C@@H](CC(=O)OC)C(=O)CF)[C@@H](C)O.O=C(O)C(F)(F)F. The fourth-order valence-corrected chi connectivity index (χ4v) is 4.00. The van der Waals surface area contributed by atoms with Gasteiger partial charge in [0, 0.05) is 6.42 Å². The zero-order valence-corrected chi connectivity index (χ0v) is 29.5. The summed E-state index contributed by atoms with van der Waals surface area (Å²) >= 11 is 0. The molecule has 0 radical (unpaired) electrons. The molecule has 0 aromatic heterocycles. The number of alkyl halides is 4. The van der Waals surface area contributed by atoms with Gasteiger partial charge < -0.3 is 45.7 Å². The van der Waals surface area contributed by atoms with Crippen molar-refractivity contribution < 1.29 is 80.3 Å². The standard InChI is InChI=1S/C30H43FN4O11.C2HF3O2/c1-6-17(2)25(35-30(43)46-16-19-10-8-7-9-11-19)28(41)32-20(12-13-23(38)44-4)27(40)34-26(18(3)36)29(42)33-21(22(37)15-31)14-24(39)45-5;3-2(4,5)1(6)7/h7-11,17-18,20-21,25-26,36H,6,12-16H2,1-5H3,(H,32,41)(H,33,42)(H,34,40)(H,35,43);(H,6,7)/t17-,18+,20-,21-,25-,26-;/m0./s1. The number of alkyl carbamates (subject to hydrolysis) is 1. The number of methoxy groups -OCH3 is 2. The normalized spacial score (nSPS) is 14.2. The van der Waals surface area contributed by atoms with Crippen molar-refractivity contribution in [3.8, 4) is 0 Å². The Morgan fingerprint density at radius 1 is 0.792 bits per heavy atom. The van der Waals surface area contributed by atoms with Crippen LogP contribution in [0.4, 0.5) is 22.4 Å². The fraction of sp³-hybridized carbons (Fsp3) is 0.562. The summed E-state index contributed by atoms with van der Waals surface area (Å²) in [6, 6.07) is 2.77. The summed E-state index contributed by atoms with van der Waals surface area (Å²) in [7, 11) is 2.15. The maximum absolute atomic E-state index is 13.4. The van der Waals surface area contributed by atoms with Crippen LogP contribution in [-0.2, 0) is 54.4 Å². The van der Waals surface area contributed by atoms with Gasteiger partial charge >= 0.3 is 30.2 Å². The average Bonchev–Trinajstić information content (AvgIpc) is 3.12. The molecule has 0 saturated carbocycles. The van der Waals surface area contributed by atoms with Crippen LogP contribution in [0.25, 0.3) is 0 Å². The van der Waals surface area contributed by atoms with Gasteiger partial charge in [-0.2, -0.15) is 13.2 Å². The summed E-state index contributed by atoms with van der Waals surface area (Å²) in [5.41, 5.74) is 0.712. The number of benzene rings is 1. The number of rotatable bonds is 19. The van der Waals surface area contributed by atoms with Crippen molar-refractivity contribution in [2.45, 2.75) is 89.5 Å². The Bertz CT molecular complexity index is 1400. The topological polar surface area (TPSA) is 253 Å². The third-order valence-corrected chi connectivity index (χ3v) is 7.22. The highest BCUT2D eigenvalue weighted by molar-refractivity contribution is 5.97. The number of esters is 2. The number of hydrogen-bond donors (Lipinski definition) is 6. The molecule has 0 aliphatic carbocycles. The molecule has 0 spiro atoms. The molecule has 6 N–H and O–H groups in total. The van der Waals surface area contributed by atoms with Gasteiger partial charge in [-0.25, -0.2) is 14.0 Å². The van der Waals surface area contributed by atoms with Crippen molar-refractivity contribution in [1.82, 2.24) is 21.3 Å². The monoisotopic (exact) mass is 768 g/mol. The number of ether oxygens (including phenoxy) is 3. The molecule has 1 aromatic rings. The van der Waals surface area contributed by atoms with Gasteiger partial charge in [0.1, 0.15) is 37.4 Å². The lowest BCUT2D eigenvalue weighted by atomic mass is 9.97. The predicted octanol–water partition coefficient (Wildman–Crippen LogP) is 0.851. The second-order valence-electron chi connectivity index (χ2n) is 11.2. The van der Waals surface area contributed by atoms with Crippen LogP contribution in [0.5, 0.6) is 0 Å². The van der Waals surface area contributed by atoms with Crippen LogP contribution in [0, 0.1) is 5.92 Å². The highest BCUT2D eigenvalue weighted by Crippen LogP contribution is 2.13. The first kappa shape index (κ1) is 47.7. The number of carbonyl (C=O) groups is 8. The molecule has 53 heavy (non-hydrogen) atoms. The average molecular weight is 769 g/mol. The van der Waals surface area contributed by atoms with Crippen molar-refractivity contribution in [1.29, 1.82) is 0 Å². The van der Waals surface area contributed by atoms with E-state index in [2.05, 4.69) is 30.7 Å². The van der Waals surface area contributed by atoms with Gasteiger partial charge in [0.15, 0.2) is 5.78 Å². The Labute approximate surface area is 301 Å². The van der Waals surface area contributed by atoms with Crippen LogP contribution in [0.15, 0.2) is 30.3 Å². The first-order valence-electron chi connectivity index (χ1n) is 15.8. The van der Waals surface area contributed by atoms with Gasteiger partial charge in [-0.3, -0.25) is 28.8 Å². The second kappa shape index (κ2) is 24.0. The lowest BCUT2D eigenvalue weighted by Crippen LogP contribution is -2.60. The number of ketones is 1. The Morgan fingerprint density at radius 3 is 1.79 bits per heavy atom. The molecule has 0 unspecified atom stereocenters. The van der Waals surface area contributed by atoms with Crippen LogP contribution >= 0.6 is 0 Å². The smallest absolute Gasteiger partial charge is 0.475 e. The molecule has 0 bridgehead atoms. The van der Waals surface area contributed by atoms with Crippen molar-refractivity contribution in [2.24, 2.45) is 5.92 Å². The molecule has 6 atom stereocenters. The number of nitrogens with one attached hydrogen (secondary N) is 4. The molecular weight excluding hydrogens is 724 g/mol. The van der Waals surface area contributed by atoms with E-state index in [9.17, 15) is 56.2 Å². The maximum Gasteiger partial charge on any atom is 0.490 e. The summed E-state index contributed by atoms with van der Waals surface area (Å²) in [6.45, 7) is 3.02. The summed E-state index contributed by atoms with van der Waals surface area (Å²) in [6.07, 6.45) is -8.47. The van der Waals surface area contributed by atoms with E-state index in [0.717, 1.165) is 21.1 Å². The fourth-order valence-electron chi connectivity index (χ4n) is 4.00. The minimum absolute atomic E-state index is 0.0636. The van der Waals surface area contributed by atoms with Crippen molar-refractivity contribution in [3.63, 3.8) is 0 Å². The molecule has 21 heteroatoms. The zero-order chi connectivity index (χ0) is 40.9. The van der Waals surface area contributed by atoms with Gasteiger partial charge in [0.05, 0.1) is 26.7 Å². The Balaban J connectivity index is 0.00000348. The number of Topliss-reactive ketones (excluding diaryl/α,β-unsaturated/α-hetero) is 1. The van der Waals surface area contributed by atoms with Gasteiger partial charge in [-0.15, -0.1) is 0 Å². The van der Waals surface area contributed by atoms with Crippen molar-refractivity contribution in [3.05, 3.63) is 35.9 Å². The molecule has 0 aliphatic rings. The number of aliphatic hydroxyl groups excluding tert-OH is 1. The molecule has 1 aromatic carbocycles. The highest BCUT2D eigenvalue weighted by Gasteiger charge is 2.38. The van der Waals surface area contributed by atoms with Gasteiger partial charge in [0.2, 0.25) is 17.7 Å². The number of carbonyl (C=O) groups excluding carboxylic acids is 7. The minimum atomic E-state index is -5.08. The Hall–Kier alpha value is -5.34. The van der Waals surface area contributed by atoms with E-state index < -0.39 is 103 Å². The number of aliphatic hydroxyl groups is 1. The molecule has 4 amide bonds. The molecule has 298 valence electrons. The number of carboxylic acids is 1. The van der Waals surface area contributed by atoms with Gasteiger partial charge in [-0.1, -0.05) is 50.6 Å². The number of hydrogen-bond acceptors (Lipinski definition) is 12. The molecule has 0 heterocycles. The minimum Gasteiger partial charge on any atom is -0.475 e. The Morgan fingerprint density at radius 2 is 1.32 bits per heavy atom. The summed E-state index contributed by atoms with van der Waals surface area (Å²) in [5, 5.41) is 26.7. The van der Waals surface area contributed by atoms with Crippen molar-refractivity contribution in [2.75, 3.05) is 20.9 Å². The van der Waals surface area contributed by atoms with Crippen LogP contribution in [-0.4, -0.2) is 115 Å². The van der Waals surface area contributed by atoms with E-state index >= 15 is 0 Å². The molecule has 17 nitrogen and oxygen atoms in total. The number of halogens is 4. The largest absolute Gasteiger partial charge is 0.490 e. The summed E-state index contributed by atoms with van der Waals surface area (Å²) in [5.74, 6) is -8.95. The van der Waals surface area contributed by atoms with E-state index in [-0.39, 0.29) is 19.4 Å². The number of aliphatic carboxylic acids is 1. The van der Waals surface area contributed by atoms with E-state index in [1.807, 2.05) is 0 Å². The predicted molar refractivity (Wildman–Crippen MR) is 173 cm³/mol. The quantitative estimate of drug-likeness (QED) is 0.0650. The first-order valence-corrected chi connectivity index (χ1v) is 15.8. The van der Waals surface area contributed by atoms with Crippen LogP contribution in [0.1, 0.15) is 52.0 Å². The van der Waals surface area contributed by atoms with E-state index in [1.165, 1.54) is 0 Å².